The number of ether oxygens (including phenoxy) is 2. The van der Waals surface area contributed by atoms with E-state index in [-0.39, 0.29) is 11.6 Å². The van der Waals surface area contributed by atoms with Gasteiger partial charge >= 0.3 is 0 Å². The lowest BCUT2D eigenvalue weighted by molar-refractivity contribution is -0.129. The fourth-order valence-electron chi connectivity index (χ4n) is 2.59. The van der Waals surface area contributed by atoms with Crippen LogP contribution >= 0.6 is 0 Å². The Labute approximate surface area is 107 Å². The van der Waals surface area contributed by atoms with Gasteiger partial charge < -0.3 is 9.47 Å². The second-order valence-corrected chi connectivity index (χ2v) is 4.49. The molecule has 0 spiro atoms. The molecule has 1 unspecified atom stereocenters. The highest BCUT2D eigenvalue weighted by Crippen LogP contribution is 2.36. The summed E-state index contributed by atoms with van der Waals surface area (Å²) in [6.45, 7) is 4.00. The van der Waals surface area contributed by atoms with E-state index in [1.165, 1.54) is 0 Å². The summed E-state index contributed by atoms with van der Waals surface area (Å²) in [5.74, 6) is 5.74. The van der Waals surface area contributed by atoms with Crippen LogP contribution in [-0.2, 0) is 16.5 Å². The van der Waals surface area contributed by atoms with Crippen LogP contribution in [0.5, 0.6) is 0 Å². The van der Waals surface area contributed by atoms with Gasteiger partial charge in [0.1, 0.15) is 0 Å². The molecule has 1 fully saturated rings. The van der Waals surface area contributed by atoms with E-state index in [0.29, 0.717) is 19.8 Å². The quantitative estimate of drug-likeness (QED) is 0.564. The standard InChI is InChI=1S/C11H21N5O2/c1-3-18-11(4-6-17-7-5-11)10(14-12)9-8-13-15-16(9)2/h8,10,14H,3-7,12H2,1-2H3. The SMILES string of the molecule is CCOC1(C(NN)c2cnnn2C)CCOCC1. The van der Waals surface area contributed by atoms with E-state index >= 15 is 0 Å². The van der Waals surface area contributed by atoms with Crippen molar-refractivity contribution in [3.05, 3.63) is 11.9 Å². The number of nitrogens with zero attached hydrogens (tertiary/aromatic N) is 3. The first kappa shape index (κ1) is 13.4. The maximum atomic E-state index is 6.01. The third-order valence-corrected chi connectivity index (χ3v) is 3.51. The van der Waals surface area contributed by atoms with Crippen LogP contribution in [0, 0.1) is 0 Å². The van der Waals surface area contributed by atoms with Gasteiger partial charge in [-0.15, -0.1) is 5.10 Å². The molecule has 0 aromatic carbocycles. The zero-order chi connectivity index (χ0) is 13.0. The molecule has 1 saturated heterocycles. The Kier molecular flexibility index (Phi) is 4.28. The zero-order valence-electron chi connectivity index (χ0n) is 10.9. The van der Waals surface area contributed by atoms with Crippen molar-refractivity contribution in [2.75, 3.05) is 19.8 Å². The molecule has 0 bridgehead atoms. The lowest BCUT2D eigenvalue weighted by atomic mass is 9.84. The van der Waals surface area contributed by atoms with Gasteiger partial charge in [0.25, 0.3) is 0 Å². The molecule has 18 heavy (non-hydrogen) atoms. The molecule has 1 aromatic rings. The lowest BCUT2D eigenvalue weighted by Crippen LogP contribution is -2.52. The van der Waals surface area contributed by atoms with Gasteiger partial charge in [0.05, 0.1) is 23.5 Å². The van der Waals surface area contributed by atoms with Crippen molar-refractivity contribution < 1.29 is 9.47 Å². The second kappa shape index (κ2) is 5.75. The Morgan fingerprint density at radius 2 is 2.33 bits per heavy atom. The molecule has 7 nitrogen and oxygen atoms in total. The first-order valence-electron chi connectivity index (χ1n) is 6.26. The topological polar surface area (TPSA) is 87.2 Å². The number of rotatable bonds is 5. The minimum absolute atomic E-state index is 0.138. The Bertz CT molecular complexity index is 370. The molecule has 1 aliphatic heterocycles. The van der Waals surface area contributed by atoms with E-state index < -0.39 is 0 Å². The number of hydrogen-bond acceptors (Lipinski definition) is 6. The molecule has 102 valence electrons. The van der Waals surface area contributed by atoms with Gasteiger partial charge in [-0.25, -0.2) is 5.43 Å². The molecule has 0 aliphatic carbocycles. The zero-order valence-corrected chi connectivity index (χ0v) is 10.9. The largest absolute Gasteiger partial charge is 0.381 e. The molecular formula is C11H21N5O2. The fourth-order valence-corrected chi connectivity index (χ4v) is 2.59. The predicted molar refractivity (Wildman–Crippen MR) is 65.5 cm³/mol. The Balaban J connectivity index is 2.29. The number of hydrazine groups is 1. The third kappa shape index (κ3) is 2.39. The van der Waals surface area contributed by atoms with Gasteiger partial charge in [-0.3, -0.25) is 10.5 Å². The molecule has 0 amide bonds. The second-order valence-electron chi connectivity index (χ2n) is 4.49. The van der Waals surface area contributed by atoms with E-state index in [1.54, 1.807) is 10.9 Å². The molecule has 1 aliphatic rings. The van der Waals surface area contributed by atoms with Crippen molar-refractivity contribution >= 4 is 0 Å². The Hall–Kier alpha value is -1.02. The first-order chi connectivity index (χ1) is 8.73. The van der Waals surface area contributed by atoms with Gasteiger partial charge in [-0.05, 0) is 6.92 Å². The fraction of sp³-hybridized carbons (Fsp3) is 0.818. The van der Waals surface area contributed by atoms with Crippen LogP contribution in [0.4, 0.5) is 0 Å². The van der Waals surface area contributed by atoms with Gasteiger partial charge in [0, 0.05) is 39.7 Å². The number of aryl methyl sites for hydroxylation is 1. The summed E-state index contributed by atoms with van der Waals surface area (Å²) in [7, 11) is 1.85. The number of nitrogens with two attached hydrogens (primary N) is 1. The van der Waals surface area contributed by atoms with Crippen LogP contribution in [-0.4, -0.2) is 40.4 Å². The van der Waals surface area contributed by atoms with Crippen LogP contribution in [0.25, 0.3) is 0 Å². The van der Waals surface area contributed by atoms with Gasteiger partial charge in [0.15, 0.2) is 0 Å². The number of aromatic nitrogens is 3. The molecule has 3 N–H and O–H groups in total. The van der Waals surface area contributed by atoms with Crippen molar-refractivity contribution in [2.45, 2.75) is 31.4 Å². The highest BCUT2D eigenvalue weighted by molar-refractivity contribution is 5.10. The van der Waals surface area contributed by atoms with Crippen LogP contribution in [0.2, 0.25) is 0 Å². The summed E-state index contributed by atoms with van der Waals surface area (Å²) < 4.78 is 13.2. The van der Waals surface area contributed by atoms with Crippen LogP contribution in [0.1, 0.15) is 31.5 Å². The van der Waals surface area contributed by atoms with E-state index in [4.69, 9.17) is 15.3 Å². The maximum absolute atomic E-state index is 6.01. The molecule has 2 heterocycles. The van der Waals surface area contributed by atoms with Crippen molar-refractivity contribution in [1.82, 2.24) is 20.4 Å². The van der Waals surface area contributed by atoms with Crippen LogP contribution in [0.15, 0.2) is 6.20 Å². The molecule has 0 saturated carbocycles. The van der Waals surface area contributed by atoms with Gasteiger partial charge in [-0.1, -0.05) is 5.21 Å². The van der Waals surface area contributed by atoms with Gasteiger partial charge in [0.2, 0.25) is 0 Å². The summed E-state index contributed by atoms with van der Waals surface area (Å²) in [4.78, 5) is 0. The molecular weight excluding hydrogens is 234 g/mol. The molecule has 0 radical (unpaired) electrons. The van der Waals surface area contributed by atoms with Crippen molar-refractivity contribution in [2.24, 2.45) is 12.9 Å². The Morgan fingerprint density at radius 3 is 2.83 bits per heavy atom. The summed E-state index contributed by atoms with van der Waals surface area (Å²) in [6.07, 6.45) is 3.34. The van der Waals surface area contributed by atoms with E-state index in [9.17, 15) is 0 Å². The average molecular weight is 255 g/mol. The maximum Gasteiger partial charge on any atom is 0.0948 e. The first-order valence-corrected chi connectivity index (χ1v) is 6.26. The average Bonchev–Trinajstić information content (AvgIpc) is 2.78. The minimum Gasteiger partial charge on any atom is -0.381 e. The molecule has 1 atom stereocenters. The van der Waals surface area contributed by atoms with Gasteiger partial charge in [-0.2, -0.15) is 0 Å². The summed E-state index contributed by atoms with van der Waals surface area (Å²) >= 11 is 0. The molecule has 1 aromatic heterocycles. The Morgan fingerprint density at radius 1 is 1.61 bits per heavy atom. The van der Waals surface area contributed by atoms with Crippen molar-refractivity contribution in [3.8, 4) is 0 Å². The number of hydrogen-bond donors (Lipinski definition) is 2. The number of nitrogens with one attached hydrogen (secondary N) is 1. The van der Waals surface area contributed by atoms with Crippen LogP contribution in [0.3, 0.4) is 0 Å². The van der Waals surface area contributed by atoms with Crippen molar-refractivity contribution in [3.63, 3.8) is 0 Å². The van der Waals surface area contributed by atoms with E-state index in [0.717, 1.165) is 18.5 Å². The molecule has 2 rings (SSSR count). The minimum atomic E-state index is -0.350. The predicted octanol–water partition coefficient (Wildman–Crippen LogP) is -0.0948. The normalized spacial score (nSPS) is 20.8. The lowest BCUT2D eigenvalue weighted by Gasteiger charge is -2.42. The van der Waals surface area contributed by atoms with E-state index in [1.807, 2.05) is 14.0 Å². The highest BCUT2D eigenvalue weighted by Gasteiger charge is 2.43. The highest BCUT2D eigenvalue weighted by atomic mass is 16.5. The summed E-state index contributed by atoms with van der Waals surface area (Å²) in [5, 5.41) is 7.86. The summed E-state index contributed by atoms with van der Waals surface area (Å²) in [5.41, 5.74) is 3.43. The van der Waals surface area contributed by atoms with Crippen molar-refractivity contribution in [1.29, 1.82) is 0 Å². The molecule has 7 heteroatoms. The smallest absolute Gasteiger partial charge is 0.0948 e. The van der Waals surface area contributed by atoms with E-state index in [2.05, 4.69) is 15.7 Å². The summed E-state index contributed by atoms with van der Waals surface area (Å²) in [6, 6.07) is -0.138. The van der Waals surface area contributed by atoms with Crippen LogP contribution < -0.4 is 11.3 Å². The third-order valence-electron chi connectivity index (χ3n) is 3.51. The monoisotopic (exact) mass is 255 g/mol.